The summed E-state index contributed by atoms with van der Waals surface area (Å²) in [5.74, 6) is -3.09. The monoisotopic (exact) mass is 473 g/mol. The Labute approximate surface area is 197 Å². The zero-order chi connectivity index (χ0) is 24.4. The number of hydrogen-bond acceptors (Lipinski definition) is 5. The highest BCUT2D eigenvalue weighted by Crippen LogP contribution is 2.34. The SMILES string of the molecule is Fc1ccc(-c2cccc(N(c3ccccc3)c3cccc(-c4ccc(F)nc4F)n3)n2)c(F)n1. The Bertz CT molecular complexity index is 1420. The van der Waals surface area contributed by atoms with Crippen LogP contribution in [-0.2, 0) is 0 Å². The zero-order valence-electron chi connectivity index (χ0n) is 17.9. The van der Waals surface area contributed by atoms with Gasteiger partial charge in [0.25, 0.3) is 0 Å². The first-order valence-corrected chi connectivity index (χ1v) is 10.4. The van der Waals surface area contributed by atoms with Crippen LogP contribution in [0.5, 0.6) is 0 Å². The van der Waals surface area contributed by atoms with E-state index in [0.29, 0.717) is 17.3 Å². The maximum atomic E-state index is 14.3. The van der Waals surface area contributed by atoms with Gasteiger partial charge in [-0.1, -0.05) is 30.3 Å². The van der Waals surface area contributed by atoms with E-state index in [1.54, 1.807) is 41.3 Å². The lowest BCUT2D eigenvalue weighted by Gasteiger charge is -2.24. The van der Waals surface area contributed by atoms with Crippen molar-refractivity contribution in [3.05, 3.63) is 115 Å². The molecule has 0 spiro atoms. The average molecular weight is 473 g/mol. The van der Waals surface area contributed by atoms with Crippen LogP contribution in [0, 0.1) is 23.8 Å². The largest absolute Gasteiger partial charge is 0.279 e. The summed E-state index contributed by atoms with van der Waals surface area (Å²) in [6.45, 7) is 0. The third-order valence-electron chi connectivity index (χ3n) is 5.12. The van der Waals surface area contributed by atoms with Gasteiger partial charge in [0.1, 0.15) is 11.6 Å². The van der Waals surface area contributed by atoms with Crippen LogP contribution in [0.1, 0.15) is 0 Å². The number of hydrogen-bond donors (Lipinski definition) is 0. The molecule has 0 bridgehead atoms. The van der Waals surface area contributed by atoms with Crippen molar-refractivity contribution in [3.63, 3.8) is 0 Å². The molecular formula is C26H15F4N5. The van der Waals surface area contributed by atoms with Gasteiger partial charge in [0.05, 0.1) is 22.5 Å². The Morgan fingerprint density at radius 2 is 0.943 bits per heavy atom. The van der Waals surface area contributed by atoms with E-state index in [1.807, 2.05) is 30.3 Å². The molecule has 0 aliphatic heterocycles. The molecule has 5 nitrogen and oxygen atoms in total. The predicted octanol–water partition coefficient (Wildman–Crippen LogP) is 6.63. The second-order valence-electron chi connectivity index (χ2n) is 7.38. The minimum Gasteiger partial charge on any atom is -0.279 e. The lowest BCUT2D eigenvalue weighted by atomic mass is 10.1. The molecule has 5 aromatic rings. The molecule has 4 heterocycles. The van der Waals surface area contributed by atoms with Gasteiger partial charge in [0.2, 0.25) is 23.8 Å². The molecule has 172 valence electrons. The number of para-hydroxylation sites is 1. The smallest absolute Gasteiger partial charge is 0.224 e. The lowest BCUT2D eigenvalue weighted by molar-refractivity contribution is 0.514. The summed E-state index contributed by atoms with van der Waals surface area (Å²) < 4.78 is 55.3. The first-order valence-electron chi connectivity index (χ1n) is 10.4. The molecule has 0 aliphatic rings. The minimum atomic E-state index is -0.986. The molecule has 35 heavy (non-hydrogen) atoms. The summed E-state index contributed by atoms with van der Waals surface area (Å²) >= 11 is 0. The molecule has 0 N–H and O–H groups in total. The number of rotatable bonds is 5. The molecule has 0 atom stereocenters. The molecule has 0 fully saturated rings. The number of nitrogens with zero attached hydrogens (tertiary/aromatic N) is 5. The molecule has 4 aromatic heterocycles. The van der Waals surface area contributed by atoms with E-state index >= 15 is 0 Å². The van der Waals surface area contributed by atoms with E-state index < -0.39 is 23.8 Å². The molecule has 0 aliphatic carbocycles. The fourth-order valence-electron chi connectivity index (χ4n) is 3.56. The second kappa shape index (κ2) is 9.30. The average Bonchev–Trinajstić information content (AvgIpc) is 2.85. The molecule has 0 amide bonds. The summed E-state index contributed by atoms with van der Waals surface area (Å²) in [5, 5.41) is 0. The van der Waals surface area contributed by atoms with Gasteiger partial charge in [0.15, 0.2) is 0 Å². The van der Waals surface area contributed by atoms with Crippen molar-refractivity contribution in [2.45, 2.75) is 0 Å². The van der Waals surface area contributed by atoms with Gasteiger partial charge in [-0.2, -0.15) is 27.5 Å². The normalized spacial score (nSPS) is 10.9. The molecule has 5 rings (SSSR count). The van der Waals surface area contributed by atoms with Crippen molar-refractivity contribution in [2.75, 3.05) is 4.90 Å². The highest BCUT2D eigenvalue weighted by molar-refractivity contribution is 5.75. The third kappa shape index (κ3) is 4.56. The number of aromatic nitrogens is 4. The van der Waals surface area contributed by atoms with Crippen molar-refractivity contribution in [1.82, 2.24) is 19.9 Å². The fourth-order valence-corrected chi connectivity index (χ4v) is 3.56. The Morgan fingerprint density at radius 1 is 0.457 bits per heavy atom. The Balaban J connectivity index is 1.64. The Kier molecular flexibility index (Phi) is 5.88. The van der Waals surface area contributed by atoms with E-state index in [9.17, 15) is 17.6 Å². The van der Waals surface area contributed by atoms with Crippen LogP contribution in [-0.4, -0.2) is 19.9 Å². The Hall–Kier alpha value is -4.66. The highest BCUT2D eigenvalue weighted by atomic mass is 19.1. The molecule has 0 saturated carbocycles. The minimum absolute atomic E-state index is 0.0300. The van der Waals surface area contributed by atoms with Crippen molar-refractivity contribution in [1.29, 1.82) is 0 Å². The van der Waals surface area contributed by atoms with Crippen LogP contribution in [0.15, 0.2) is 91.0 Å². The van der Waals surface area contributed by atoms with Gasteiger partial charge >= 0.3 is 0 Å². The fraction of sp³-hybridized carbons (Fsp3) is 0. The van der Waals surface area contributed by atoms with Crippen LogP contribution in [0.3, 0.4) is 0 Å². The summed E-state index contributed by atoms with van der Waals surface area (Å²) in [6.07, 6.45) is 0. The van der Waals surface area contributed by atoms with Crippen molar-refractivity contribution in [3.8, 4) is 22.5 Å². The summed E-state index contributed by atoms with van der Waals surface area (Å²) in [6, 6.07) is 23.7. The quantitative estimate of drug-likeness (QED) is 0.212. The van der Waals surface area contributed by atoms with Gasteiger partial charge < -0.3 is 0 Å². The van der Waals surface area contributed by atoms with E-state index in [4.69, 9.17) is 0 Å². The van der Waals surface area contributed by atoms with Crippen molar-refractivity contribution in [2.24, 2.45) is 0 Å². The lowest BCUT2D eigenvalue weighted by Crippen LogP contribution is -2.13. The molecule has 0 unspecified atom stereocenters. The van der Waals surface area contributed by atoms with Gasteiger partial charge in [0, 0.05) is 5.69 Å². The van der Waals surface area contributed by atoms with Crippen LogP contribution in [0.4, 0.5) is 34.9 Å². The predicted molar refractivity (Wildman–Crippen MR) is 123 cm³/mol. The Morgan fingerprint density at radius 3 is 1.40 bits per heavy atom. The van der Waals surface area contributed by atoms with E-state index in [0.717, 1.165) is 12.1 Å². The third-order valence-corrected chi connectivity index (χ3v) is 5.12. The van der Waals surface area contributed by atoms with Crippen LogP contribution < -0.4 is 4.90 Å². The van der Waals surface area contributed by atoms with Gasteiger partial charge in [-0.05, 0) is 60.7 Å². The molecule has 0 saturated heterocycles. The first-order chi connectivity index (χ1) is 17.0. The van der Waals surface area contributed by atoms with Crippen LogP contribution >= 0.6 is 0 Å². The van der Waals surface area contributed by atoms with E-state index in [2.05, 4.69) is 19.9 Å². The number of pyridine rings is 4. The summed E-state index contributed by atoms with van der Waals surface area (Å²) in [7, 11) is 0. The van der Waals surface area contributed by atoms with E-state index in [-0.39, 0.29) is 22.5 Å². The number of anilines is 3. The zero-order valence-corrected chi connectivity index (χ0v) is 17.9. The molecule has 0 radical (unpaired) electrons. The maximum Gasteiger partial charge on any atom is 0.224 e. The maximum absolute atomic E-state index is 14.3. The molecule has 9 heteroatoms. The van der Waals surface area contributed by atoms with E-state index in [1.165, 1.54) is 12.1 Å². The standard InChI is InChI=1S/C26H15F4N5/c27-21-14-12-17(25(29)33-21)19-8-4-10-23(31-19)35(16-6-2-1-3-7-16)24-11-5-9-20(32-24)18-13-15-22(28)34-26(18)30/h1-15H. The van der Waals surface area contributed by atoms with Crippen LogP contribution in [0.25, 0.3) is 22.5 Å². The van der Waals surface area contributed by atoms with Gasteiger partial charge in [-0.15, -0.1) is 0 Å². The number of benzene rings is 1. The van der Waals surface area contributed by atoms with Crippen molar-refractivity contribution >= 4 is 17.3 Å². The summed E-state index contributed by atoms with van der Waals surface area (Å²) in [4.78, 5) is 17.3. The van der Waals surface area contributed by atoms with Crippen molar-refractivity contribution < 1.29 is 17.6 Å². The molecular weight excluding hydrogens is 458 g/mol. The number of halogens is 4. The van der Waals surface area contributed by atoms with Crippen LogP contribution in [0.2, 0.25) is 0 Å². The summed E-state index contributed by atoms with van der Waals surface area (Å²) in [5.41, 5.74) is 1.21. The van der Waals surface area contributed by atoms with Gasteiger partial charge in [-0.25, -0.2) is 9.97 Å². The molecule has 1 aromatic carbocycles. The first kappa shape index (κ1) is 22.1. The topological polar surface area (TPSA) is 54.8 Å². The van der Waals surface area contributed by atoms with Gasteiger partial charge in [-0.3, -0.25) is 4.90 Å². The highest BCUT2D eigenvalue weighted by Gasteiger charge is 2.19. The second-order valence-corrected chi connectivity index (χ2v) is 7.38.